The van der Waals surface area contributed by atoms with E-state index in [1.54, 1.807) is 24.3 Å². The minimum absolute atomic E-state index is 0.128. The molecule has 0 bridgehead atoms. The number of benzene rings is 2. The fourth-order valence-electron chi connectivity index (χ4n) is 2.91. The summed E-state index contributed by atoms with van der Waals surface area (Å²) in [7, 11) is 0. The smallest absolute Gasteiger partial charge is 0.251 e. The minimum atomic E-state index is -0.292. The Hall–Kier alpha value is -1.94. The number of hydrogen-bond acceptors (Lipinski definition) is 2. The summed E-state index contributed by atoms with van der Waals surface area (Å²) in [6.07, 6.45) is 2.16. The quantitative estimate of drug-likeness (QED) is 0.907. The van der Waals surface area contributed by atoms with Crippen LogP contribution in [-0.2, 0) is 0 Å². The summed E-state index contributed by atoms with van der Waals surface area (Å²) in [5, 5.41) is 7.42. The first-order valence-corrected chi connectivity index (χ1v) is 7.42. The van der Waals surface area contributed by atoms with Gasteiger partial charge in [0.25, 0.3) is 5.91 Å². The number of amides is 1. The molecule has 0 saturated carbocycles. The second-order valence-electron chi connectivity index (χ2n) is 5.54. The van der Waals surface area contributed by atoms with Crippen LogP contribution >= 0.6 is 0 Å². The van der Waals surface area contributed by atoms with Gasteiger partial charge in [-0.15, -0.1) is 0 Å². The summed E-state index contributed by atoms with van der Waals surface area (Å²) < 4.78 is 13.7. The molecule has 2 aromatic carbocycles. The molecule has 1 unspecified atom stereocenters. The molecule has 0 aromatic heterocycles. The Morgan fingerprint density at radius 3 is 2.81 bits per heavy atom. The monoisotopic (exact) mass is 286 g/mol. The lowest BCUT2D eigenvalue weighted by Crippen LogP contribution is -2.26. The van der Waals surface area contributed by atoms with Gasteiger partial charge in [-0.3, -0.25) is 4.79 Å². The van der Waals surface area contributed by atoms with Crippen LogP contribution in [0.4, 0.5) is 4.39 Å². The van der Waals surface area contributed by atoms with Crippen LogP contribution in [0.1, 0.15) is 23.2 Å². The fourth-order valence-corrected chi connectivity index (χ4v) is 2.91. The first-order chi connectivity index (χ1) is 10.3. The second-order valence-corrected chi connectivity index (χ2v) is 5.54. The summed E-state index contributed by atoms with van der Waals surface area (Å²) in [5.74, 6) is 0.228. The Bertz CT molecular complexity index is 650. The van der Waals surface area contributed by atoms with Crippen LogP contribution in [0.3, 0.4) is 0 Å². The first-order valence-electron chi connectivity index (χ1n) is 7.42. The Labute approximate surface area is 123 Å². The van der Waals surface area contributed by atoms with E-state index in [2.05, 4.69) is 10.6 Å². The van der Waals surface area contributed by atoms with E-state index in [4.69, 9.17) is 0 Å². The van der Waals surface area contributed by atoms with Gasteiger partial charge in [-0.25, -0.2) is 4.39 Å². The zero-order valence-electron chi connectivity index (χ0n) is 11.9. The molecule has 0 spiro atoms. The van der Waals surface area contributed by atoms with Crippen LogP contribution in [0, 0.1) is 11.7 Å². The Balaban J connectivity index is 1.71. The average Bonchev–Trinajstić information content (AvgIpc) is 3.01. The summed E-state index contributed by atoms with van der Waals surface area (Å²) in [4.78, 5) is 12.3. The first kappa shape index (κ1) is 14.0. The summed E-state index contributed by atoms with van der Waals surface area (Å²) >= 11 is 0. The maximum Gasteiger partial charge on any atom is 0.251 e. The van der Waals surface area contributed by atoms with Crippen molar-refractivity contribution >= 4 is 16.7 Å². The van der Waals surface area contributed by atoms with Gasteiger partial charge >= 0.3 is 0 Å². The van der Waals surface area contributed by atoms with E-state index in [1.807, 2.05) is 6.07 Å². The van der Waals surface area contributed by atoms with Crippen molar-refractivity contribution in [1.82, 2.24) is 10.6 Å². The molecule has 3 nitrogen and oxygen atoms in total. The summed E-state index contributed by atoms with van der Waals surface area (Å²) in [6, 6.07) is 10.0. The average molecular weight is 286 g/mol. The third-order valence-corrected chi connectivity index (χ3v) is 4.12. The standard InChI is InChI=1S/C17H19FN2O/c18-16-6-5-15(13-3-1-2-4-14(13)16)17(21)20-10-8-12-7-9-19-11-12/h1-6,12,19H,7-11H2,(H,20,21). The Morgan fingerprint density at radius 1 is 1.24 bits per heavy atom. The van der Waals surface area contributed by atoms with E-state index in [1.165, 1.54) is 12.5 Å². The number of halogens is 1. The third kappa shape index (κ3) is 3.05. The minimum Gasteiger partial charge on any atom is -0.352 e. The van der Waals surface area contributed by atoms with Gasteiger partial charge in [0.1, 0.15) is 5.82 Å². The van der Waals surface area contributed by atoms with E-state index in [-0.39, 0.29) is 11.7 Å². The van der Waals surface area contributed by atoms with Crippen LogP contribution in [-0.4, -0.2) is 25.5 Å². The molecule has 2 N–H and O–H groups in total. The maximum atomic E-state index is 13.7. The van der Waals surface area contributed by atoms with Crippen LogP contribution < -0.4 is 10.6 Å². The van der Waals surface area contributed by atoms with E-state index in [0.29, 0.717) is 28.8 Å². The van der Waals surface area contributed by atoms with Crippen molar-refractivity contribution < 1.29 is 9.18 Å². The van der Waals surface area contributed by atoms with Crippen molar-refractivity contribution in [2.45, 2.75) is 12.8 Å². The number of carbonyl (C=O) groups excluding carboxylic acids is 1. The van der Waals surface area contributed by atoms with Gasteiger partial charge in [-0.2, -0.15) is 0 Å². The SMILES string of the molecule is O=C(NCCC1CCNC1)c1ccc(F)c2ccccc12. The van der Waals surface area contributed by atoms with Gasteiger partial charge in [0, 0.05) is 17.5 Å². The van der Waals surface area contributed by atoms with Gasteiger partial charge in [0.15, 0.2) is 0 Å². The molecule has 4 heteroatoms. The summed E-state index contributed by atoms with van der Waals surface area (Å²) in [6.45, 7) is 2.77. The molecule has 1 fully saturated rings. The Kier molecular flexibility index (Phi) is 4.15. The molecule has 1 saturated heterocycles. The van der Waals surface area contributed by atoms with E-state index in [0.717, 1.165) is 19.5 Å². The van der Waals surface area contributed by atoms with Gasteiger partial charge in [-0.1, -0.05) is 24.3 Å². The maximum absolute atomic E-state index is 13.7. The van der Waals surface area contributed by atoms with Crippen LogP contribution in [0.25, 0.3) is 10.8 Å². The highest BCUT2D eigenvalue weighted by atomic mass is 19.1. The molecule has 21 heavy (non-hydrogen) atoms. The highest BCUT2D eigenvalue weighted by Gasteiger charge is 2.15. The van der Waals surface area contributed by atoms with Crippen LogP contribution in [0.15, 0.2) is 36.4 Å². The largest absolute Gasteiger partial charge is 0.352 e. The zero-order chi connectivity index (χ0) is 14.7. The van der Waals surface area contributed by atoms with Crippen LogP contribution in [0.2, 0.25) is 0 Å². The molecular weight excluding hydrogens is 267 g/mol. The molecule has 110 valence electrons. The number of rotatable bonds is 4. The zero-order valence-corrected chi connectivity index (χ0v) is 11.9. The number of nitrogens with one attached hydrogen (secondary N) is 2. The Morgan fingerprint density at radius 2 is 2.05 bits per heavy atom. The molecule has 1 amide bonds. The number of fused-ring (bicyclic) bond motifs is 1. The van der Waals surface area contributed by atoms with Crippen molar-refractivity contribution in [3.8, 4) is 0 Å². The van der Waals surface area contributed by atoms with E-state index >= 15 is 0 Å². The molecular formula is C17H19FN2O. The topological polar surface area (TPSA) is 41.1 Å². The lowest BCUT2D eigenvalue weighted by Gasteiger charge is -2.11. The van der Waals surface area contributed by atoms with Crippen molar-refractivity contribution in [3.63, 3.8) is 0 Å². The predicted octanol–water partition coefficient (Wildman–Crippen LogP) is 2.71. The van der Waals surface area contributed by atoms with Crippen LogP contribution in [0.5, 0.6) is 0 Å². The molecule has 1 atom stereocenters. The third-order valence-electron chi connectivity index (χ3n) is 4.12. The van der Waals surface area contributed by atoms with E-state index in [9.17, 15) is 9.18 Å². The summed E-state index contributed by atoms with van der Waals surface area (Å²) in [5.41, 5.74) is 0.538. The molecule has 1 heterocycles. The van der Waals surface area contributed by atoms with Gasteiger partial charge in [0.2, 0.25) is 0 Å². The number of carbonyl (C=O) groups is 1. The lowest BCUT2D eigenvalue weighted by molar-refractivity contribution is 0.0953. The van der Waals surface area contributed by atoms with Crippen molar-refractivity contribution in [2.75, 3.05) is 19.6 Å². The van der Waals surface area contributed by atoms with Gasteiger partial charge in [-0.05, 0) is 49.4 Å². The van der Waals surface area contributed by atoms with Crippen molar-refractivity contribution in [3.05, 3.63) is 47.8 Å². The molecule has 1 aliphatic heterocycles. The number of hydrogen-bond donors (Lipinski definition) is 2. The van der Waals surface area contributed by atoms with Gasteiger partial charge < -0.3 is 10.6 Å². The highest BCUT2D eigenvalue weighted by molar-refractivity contribution is 6.07. The predicted molar refractivity (Wildman–Crippen MR) is 81.8 cm³/mol. The normalized spacial score (nSPS) is 18.0. The molecule has 3 rings (SSSR count). The van der Waals surface area contributed by atoms with Crippen molar-refractivity contribution in [1.29, 1.82) is 0 Å². The highest BCUT2D eigenvalue weighted by Crippen LogP contribution is 2.21. The molecule has 2 aromatic rings. The molecule has 0 radical (unpaired) electrons. The molecule has 1 aliphatic rings. The fraction of sp³-hybridized carbons (Fsp3) is 0.353. The second kappa shape index (κ2) is 6.22. The van der Waals surface area contributed by atoms with E-state index < -0.39 is 0 Å². The van der Waals surface area contributed by atoms with Crippen molar-refractivity contribution in [2.24, 2.45) is 5.92 Å². The molecule has 0 aliphatic carbocycles. The lowest BCUT2D eigenvalue weighted by atomic mass is 10.0. The van der Waals surface area contributed by atoms with Gasteiger partial charge in [0.05, 0.1) is 0 Å².